The molecule has 2 saturated carbocycles. The number of aromatic nitrogens is 2. The Hall–Kier alpha value is -5.60. The first-order valence-electron chi connectivity index (χ1n) is 20.2. The van der Waals surface area contributed by atoms with Crippen molar-refractivity contribution in [1.29, 1.82) is 0 Å². The molecule has 4 aliphatic rings. The molecule has 60 heavy (non-hydrogen) atoms. The number of carboxylic acids is 2. The van der Waals surface area contributed by atoms with Crippen LogP contribution in [0.5, 0.6) is 23.0 Å². The molecule has 0 amide bonds. The fourth-order valence-electron chi connectivity index (χ4n) is 10.1. The van der Waals surface area contributed by atoms with Crippen LogP contribution >= 0.6 is 0 Å². The Morgan fingerprint density at radius 3 is 1.32 bits per heavy atom. The highest BCUT2D eigenvalue weighted by molar-refractivity contribution is 5.88. The van der Waals surface area contributed by atoms with Gasteiger partial charge in [0, 0.05) is 73.8 Å². The summed E-state index contributed by atoms with van der Waals surface area (Å²) in [6.45, 7) is 10.5. The Labute approximate surface area is 348 Å². The lowest BCUT2D eigenvalue weighted by Crippen LogP contribution is -2.32. The average Bonchev–Trinajstić information content (AvgIpc) is 3.71. The van der Waals surface area contributed by atoms with E-state index in [0.29, 0.717) is 49.4 Å². The molecule has 0 radical (unpaired) electrons. The van der Waals surface area contributed by atoms with Crippen molar-refractivity contribution in [2.24, 2.45) is 10.8 Å². The summed E-state index contributed by atoms with van der Waals surface area (Å²) < 4.78 is 37.1. The largest absolute Gasteiger partial charge is 0.493 e. The minimum Gasteiger partial charge on any atom is -0.493 e. The summed E-state index contributed by atoms with van der Waals surface area (Å²) in [5.74, 6) is 0.429. The molecule has 14 nitrogen and oxygen atoms in total. The first-order chi connectivity index (χ1) is 28.6. The second-order valence-corrected chi connectivity index (χ2v) is 17.3. The van der Waals surface area contributed by atoms with Crippen LogP contribution in [0.25, 0.3) is 22.5 Å². The molecule has 2 aliphatic carbocycles. The number of nitrogens with zero attached hydrogens (tertiary/aromatic N) is 2. The fraction of sp³-hybridized carbons (Fsp3) is 0.478. The van der Waals surface area contributed by atoms with Gasteiger partial charge in [-0.05, 0) is 71.9 Å². The summed E-state index contributed by atoms with van der Waals surface area (Å²) in [6, 6.07) is 10.8. The predicted molar refractivity (Wildman–Crippen MR) is 224 cm³/mol. The number of rotatable bonds is 12. The maximum atomic E-state index is 12.5. The van der Waals surface area contributed by atoms with Gasteiger partial charge in [-0.1, -0.05) is 27.7 Å². The normalized spacial score (nSPS) is 20.8. The lowest BCUT2D eigenvalue weighted by atomic mass is 9.77. The molecule has 4 aromatic rings. The second-order valence-electron chi connectivity index (χ2n) is 17.3. The van der Waals surface area contributed by atoms with Gasteiger partial charge in [0.05, 0.1) is 38.8 Å². The van der Waals surface area contributed by atoms with Crippen molar-refractivity contribution < 1.29 is 48.2 Å². The third kappa shape index (κ3) is 7.44. The van der Waals surface area contributed by atoms with Crippen LogP contribution < -0.4 is 29.8 Å². The predicted octanol–water partition coefficient (Wildman–Crippen LogP) is 7.41. The number of ether oxygens (including phenoxy) is 6. The lowest BCUT2D eigenvalue weighted by molar-refractivity contribution is 0.0683. The number of aromatic carboxylic acids is 2. The zero-order valence-electron chi connectivity index (χ0n) is 35.5. The van der Waals surface area contributed by atoms with Gasteiger partial charge in [-0.25, -0.2) is 9.59 Å². The second kappa shape index (κ2) is 16.5. The van der Waals surface area contributed by atoms with Crippen LogP contribution in [0.2, 0.25) is 0 Å². The van der Waals surface area contributed by atoms with Crippen molar-refractivity contribution in [3.05, 3.63) is 91.5 Å². The summed E-state index contributed by atoms with van der Waals surface area (Å²) in [5, 5.41) is 19.0. The number of benzene rings is 2. The zero-order chi connectivity index (χ0) is 43.3. The van der Waals surface area contributed by atoms with Crippen LogP contribution in [0.15, 0.2) is 58.4 Å². The van der Waals surface area contributed by atoms with Gasteiger partial charge >= 0.3 is 11.9 Å². The molecule has 2 N–H and O–H groups in total. The highest BCUT2D eigenvalue weighted by atomic mass is 16.5. The Kier molecular flexibility index (Phi) is 11.7. The van der Waals surface area contributed by atoms with E-state index in [0.717, 1.165) is 59.3 Å². The molecule has 2 aliphatic heterocycles. The highest BCUT2D eigenvalue weighted by Gasteiger charge is 2.49. The van der Waals surface area contributed by atoms with Crippen molar-refractivity contribution >= 4 is 11.9 Å². The topological polar surface area (TPSA) is 174 Å². The summed E-state index contributed by atoms with van der Waals surface area (Å²) in [4.78, 5) is 48.3. The molecule has 0 saturated heterocycles. The van der Waals surface area contributed by atoms with Gasteiger partial charge in [0.25, 0.3) is 0 Å². The van der Waals surface area contributed by atoms with Gasteiger partial charge in [0.1, 0.15) is 24.3 Å². The van der Waals surface area contributed by atoms with E-state index in [1.54, 1.807) is 28.4 Å². The standard InChI is InChI=1S/2C23H27NO6/c2*1-23(2)6-5-13-14-9-20(30-8-7-28-3)19(29-4)10-15(14)17-11-18(25)16(22(26)27)12-24(17)21(13)23/h2*9-13,21H,5-8H2,1-4H3,(H,26,27)/t2*13-,21+/m10/s1. The number of fused-ring (bicyclic) bond motifs is 12. The number of pyridine rings is 2. The van der Waals surface area contributed by atoms with Crippen LogP contribution in [0.4, 0.5) is 0 Å². The van der Waals surface area contributed by atoms with E-state index in [1.165, 1.54) is 24.5 Å². The first kappa shape index (κ1) is 42.5. The van der Waals surface area contributed by atoms with Crippen molar-refractivity contribution in [3.8, 4) is 45.5 Å². The number of carboxylic acid groups (broad SMARTS) is 2. The van der Waals surface area contributed by atoms with Gasteiger partial charge in [-0.2, -0.15) is 0 Å². The maximum Gasteiger partial charge on any atom is 0.341 e. The van der Waals surface area contributed by atoms with Crippen LogP contribution in [0.3, 0.4) is 0 Å². The molecule has 0 bridgehead atoms. The SMILES string of the molecule is COCCOc1cc2c(cc1OC)-c1cc(=O)c(C(=O)O)cn1[C@@H]1[C@H]2CCC1(C)C.COCCOc1cc2c(cc1OC)-c1cc(=O)c(C(=O)O)cn1[C@H]1[C@@H]2CCC1(C)C. The van der Waals surface area contributed by atoms with Crippen molar-refractivity contribution in [2.75, 3.05) is 54.9 Å². The third-order valence-corrected chi connectivity index (χ3v) is 12.9. The third-order valence-electron chi connectivity index (χ3n) is 12.9. The molecule has 14 heteroatoms. The van der Waals surface area contributed by atoms with E-state index in [-0.39, 0.29) is 45.9 Å². The minimum absolute atomic E-state index is 0.0427. The molecule has 2 fully saturated rings. The number of hydrogen-bond donors (Lipinski definition) is 2. The average molecular weight is 827 g/mol. The van der Waals surface area contributed by atoms with Gasteiger partial charge in [-0.15, -0.1) is 0 Å². The smallest absolute Gasteiger partial charge is 0.341 e. The first-order valence-corrected chi connectivity index (χ1v) is 20.2. The Balaban J connectivity index is 0.000000181. The van der Waals surface area contributed by atoms with E-state index in [9.17, 15) is 29.4 Å². The summed E-state index contributed by atoms with van der Waals surface area (Å²) >= 11 is 0. The van der Waals surface area contributed by atoms with E-state index >= 15 is 0 Å². The highest BCUT2D eigenvalue weighted by Crippen LogP contribution is 2.61. The minimum atomic E-state index is -1.20. The van der Waals surface area contributed by atoms with E-state index in [2.05, 4.69) is 27.7 Å². The molecule has 0 spiro atoms. The number of carbonyl (C=O) groups is 2. The molecule has 4 heterocycles. The quantitative estimate of drug-likeness (QED) is 0.136. The van der Waals surface area contributed by atoms with Crippen molar-refractivity contribution in [3.63, 3.8) is 0 Å². The van der Waals surface area contributed by atoms with Crippen LogP contribution in [-0.4, -0.2) is 86.2 Å². The van der Waals surface area contributed by atoms with Gasteiger partial charge < -0.3 is 47.8 Å². The lowest BCUT2D eigenvalue weighted by Gasteiger charge is -2.40. The van der Waals surface area contributed by atoms with Gasteiger partial charge in [-0.3, -0.25) is 9.59 Å². The summed E-state index contributed by atoms with van der Waals surface area (Å²) in [7, 11) is 6.41. The van der Waals surface area contributed by atoms with Crippen LogP contribution in [0.1, 0.15) is 109 Å². The Morgan fingerprint density at radius 2 is 0.983 bits per heavy atom. The monoisotopic (exact) mass is 826 g/mol. The van der Waals surface area contributed by atoms with Crippen molar-refractivity contribution in [2.45, 2.75) is 77.3 Å². The number of methoxy groups -OCH3 is 4. The van der Waals surface area contributed by atoms with Gasteiger partial charge in [0.2, 0.25) is 0 Å². The van der Waals surface area contributed by atoms with E-state index < -0.39 is 22.8 Å². The van der Waals surface area contributed by atoms with E-state index in [4.69, 9.17) is 28.4 Å². The summed E-state index contributed by atoms with van der Waals surface area (Å²) in [5.41, 5.74) is 3.97. The van der Waals surface area contributed by atoms with Gasteiger partial charge in [0.15, 0.2) is 33.9 Å². The molecular formula is C46H54N2O12. The Bertz CT molecular complexity index is 2280. The maximum absolute atomic E-state index is 12.5. The molecular weight excluding hydrogens is 773 g/mol. The molecule has 4 atom stereocenters. The molecule has 320 valence electrons. The molecule has 0 unspecified atom stereocenters. The molecule has 2 aromatic heterocycles. The summed E-state index contributed by atoms with van der Waals surface area (Å²) in [6.07, 6.45) is 6.99. The fourth-order valence-corrected chi connectivity index (χ4v) is 10.1. The number of hydrogen-bond acceptors (Lipinski definition) is 10. The molecule has 8 rings (SSSR count). The van der Waals surface area contributed by atoms with Crippen molar-refractivity contribution in [1.82, 2.24) is 9.13 Å². The van der Waals surface area contributed by atoms with E-state index in [1.807, 2.05) is 33.4 Å². The van der Waals surface area contributed by atoms with Crippen LogP contribution in [-0.2, 0) is 9.47 Å². The van der Waals surface area contributed by atoms with Crippen LogP contribution in [0, 0.1) is 10.8 Å². The molecule has 2 aromatic carbocycles. The Morgan fingerprint density at radius 1 is 0.600 bits per heavy atom. The zero-order valence-corrected chi connectivity index (χ0v) is 35.5.